The summed E-state index contributed by atoms with van der Waals surface area (Å²) >= 11 is 0. The lowest BCUT2D eigenvalue weighted by Crippen LogP contribution is -2.33. The minimum Gasteiger partial charge on any atom is -0.498 e. The van der Waals surface area contributed by atoms with Crippen molar-refractivity contribution in [2.45, 2.75) is 52.4 Å². The zero-order valence-electron chi connectivity index (χ0n) is 10.1. The summed E-state index contributed by atoms with van der Waals surface area (Å²) in [7, 11) is 0. The fraction of sp³-hybridized carbons (Fsp3) is 0.846. The average Bonchev–Trinajstić information content (AvgIpc) is 2.17. The molecule has 1 aliphatic rings. The molecule has 0 spiro atoms. The van der Waals surface area contributed by atoms with Crippen molar-refractivity contribution in [3.63, 3.8) is 0 Å². The average molecular weight is 212 g/mol. The van der Waals surface area contributed by atoms with Gasteiger partial charge >= 0.3 is 0 Å². The van der Waals surface area contributed by atoms with Gasteiger partial charge in [0.15, 0.2) is 0 Å². The third kappa shape index (κ3) is 3.86. The Kier molecular flexibility index (Phi) is 5.16. The molecule has 0 radical (unpaired) electrons. The van der Waals surface area contributed by atoms with Crippen LogP contribution >= 0.6 is 0 Å². The van der Waals surface area contributed by atoms with Gasteiger partial charge in [-0.2, -0.15) is 0 Å². The Bertz CT molecular complexity index is 199. The molecule has 0 aromatic rings. The zero-order chi connectivity index (χ0) is 11.1. The van der Waals surface area contributed by atoms with Crippen molar-refractivity contribution in [3.05, 3.63) is 11.8 Å². The molecule has 0 saturated heterocycles. The Labute approximate surface area is 93.3 Å². The monoisotopic (exact) mass is 212 g/mol. The predicted octanol–water partition coefficient (Wildman–Crippen LogP) is 3.26. The van der Waals surface area contributed by atoms with E-state index in [0.29, 0.717) is 5.41 Å². The van der Waals surface area contributed by atoms with E-state index in [-0.39, 0.29) is 6.61 Å². The van der Waals surface area contributed by atoms with Gasteiger partial charge in [0.25, 0.3) is 0 Å². The molecule has 2 heteroatoms. The molecule has 0 atom stereocenters. The van der Waals surface area contributed by atoms with Gasteiger partial charge in [-0.1, -0.05) is 13.3 Å². The zero-order valence-corrected chi connectivity index (χ0v) is 10.1. The third-order valence-electron chi connectivity index (χ3n) is 3.56. The van der Waals surface area contributed by atoms with E-state index in [9.17, 15) is 0 Å². The lowest BCUT2D eigenvalue weighted by molar-refractivity contribution is 0.0209. The summed E-state index contributed by atoms with van der Waals surface area (Å²) in [5, 5.41) is 8.65. The second kappa shape index (κ2) is 6.16. The minimum atomic E-state index is 0.267. The van der Waals surface area contributed by atoms with Crippen molar-refractivity contribution in [1.29, 1.82) is 0 Å². The van der Waals surface area contributed by atoms with Gasteiger partial charge in [-0.15, -0.1) is 0 Å². The summed E-state index contributed by atoms with van der Waals surface area (Å²) in [6.45, 7) is 5.42. The van der Waals surface area contributed by atoms with E-state index in [1.807, 2.05) is 6.92 Å². The third-order valence-corrected chi connectivity index (χ3v) is 3.56. The Morgan fingerprint density at radius 3 is 2.67 bits per heavy atom. The topological polar surface area (TPSA) is 29.5 Å². The van der Waals surface area contributed by atoms with Crippen LogP contribution in [0.15, 0.2) is 11.8 Å². The Morgan fingerprint density at radius 1 is 1.47 bits per heavy atom. The molecule has 2 nitrogen and oxygen atoms in total. The van der Waals surface area contributed by atoms with Crippen LogP contribution in [0.5, 0.6) is 0 Å². The van der Waals surface area contributed by atoms with E-state index in [2.05, 4.69) is 13.0 Å². The van der Waals surface area contributed by atoms with Crippen molar-refractivity contribution in [2.24, 2.45) is 5.41 Å². The lowest BCUT2D eigenvalue weighted by Gasteiger charge is -2.40. The normalized spacial score (nSPS) is 19.8. The molecular weight excluding hydrogens is 188 g/mol. The quantitative estimate of drug-likeness (QED) is 0.518. The molecule has 0 aromatic heterocycles. The van der Waals surface area contributed by atoms with Crippen LogP contribution in [-0.4, -0.2) is 18.3 Å². The van der Waals surface area contributed by atoms with Crippen LogP contribution in [0.2, 0.25) is 0 Å². The van der Waals surface area contributed by atoms with E-state index in [1.165, 1.54) is 25.7 Å². The molecule has 1 saturated carbocycles. The molecule has 1 fully saturated rings. The molecule has 15 heavy (non-hydrogen) atoms. The Balaban J connectivity index is 2.20. The van der Waals surface area contributed by atoms with Gasteiger partial charge < -0.3 is 9.84 Å². The summed E-state index contributed by atoms with van der Waals surface area (Å²) in [6, 6.07) is 0. The highest BCUT2D eigenvalue weighted by molar-refractivity contribution is 4.92. The summed E-state index contributed by atoms with van der Waals surface area (Å²) < 4.78 is 5.77. The van der Waals surface area contributed by atoms with Gasteiger partial charge in [0.05, 0.1) is 12.4 Å². The molecule has 0 amide bonds. The number of hydrogen-bond donors (Lipinski definition) is 1. The number of allylic oxidation sites excluding steroid dienone is 2. The van der Waals surface area contributed by atoms with Crippen LogP contribution in [0.4, 0.5) is 0 Å². The van der Waals surface area contributed by atoms with E-state index in [4.69, 9.17) is 9.84 Å². The molecule has 0 aromatic carbocycles. The first-order valence-corrected chi connectivity index (χ1v) is 6.13. The van der Waals surface area contributed by atoms with Gasteiger partial charge in [-0.3, -0.25) is 0 Å². The molecule has 1 aliphatic carbocycles. The molecule has 0 unspecified atom stereocenters. The predicted molar refractivity (Wildman–Crippen MR) is 62.6 cm³/mol. The van der Waals surface area contributed by atoms with E-state index in [0.717, 1.165) is 25.2 Å². The van der Waals surface area contributed by atoms with Gasteiger partial charge in [0, 0.05) is 12.0 Å². The first kappa shape index (κ1) is 12.6. The molecule has 1 N–H and O–H groups in total. The first-order valence-electron chi connectivity index (χ1n) is 6.13. The van der Waals surface area contributed by atoms with Crippen LogP contribution in [0.25, 0.3) is 0 Å². The molecule has 1 rings (SSSR count). The van der Waals surface area contributed by atoms with Crippen molar-refractivity contribution in [2.75, 3.05) is 13.2 Å². The first-order chi connectivity index (χ1) is 7.22. The summed E-state index contributed by atoms with van der Waals surface area (Å²) in [4.78, 5) is 0. The van der Waals surface area contributed by atoms with Crippen LogP contribution in [-0.2, 0) is 4.74 Å². The van der Waals surface area contributed by atoms with Crippen molar-refractivity contribution in [3.8, 4) is 0 Å². The molecular formula is C13H24O2. The Morgan fingerprint density at radius 2 is 2.20 bits per heavy atom. The Hall–Kier alpha value is -0.500. The van der Waals surface area contributed by atoms with Gasteiger partial charge in [0.2, 0.25) is 0 Å². The highest BCUT2D eigenvalue weighted by Crippen LogP contribution is 2.44. The molecule has 0 heterocycles. The van der Waals surface area contributed by atoms with E-state index < -0.39 is 0 Å². The number of unbranched alkanes of at least 4 members (excludes halogenated alkanes) is 1. The highest BCUT2D eigenvalue weighted by Gasteiger charge is 2.35. The maximum atomic E-state index is 8.65. The fourth-order valence-electron chi connectivity index (χ4n) is 2.00. The van der Waals surface area contributed by atoms with Crippen LogP contribution in [0, 0.1) is 5.41 Å². The standard InChI is InChI=1S/C13H24O2/c1-3-13(8-6-9-13)11-15-12(2)7-4-5-10-14/h7,14H,3-6,8-11H2,1-2H3/b12-7+. The fourth-order valence-corrected chi connectivity index (χ4v) is 2.00. The molecule has 0 aliphatic heterocycles. The number of rotatable bonds is 7. The second-order valence-corrected chi connectivity index (χ2v) is 4.68. The maximum absolute atomic E-state index is 8.65. The van der Waals surface area contributed by atoms with Crippen LogP contribution in [0.3, 0.4) is 0 Å². The van der Waals surface area contributed by atoms with Gasteiger partial charge in [-0.25, -0.2) is 0 Å². The molecule has 88 valence electrons. The lowest BCUT2D eigenvalue weighted by atomic mass is 9.68. The SMILES string of the molecule is CCC1(CO/C(C)=C/CCCO)CCC1. The van der Waals surface area contributed by atoms with E-state index in [1.54, 1.807) is 0 Å². The highest BCUT2D eigenvalue weighted by atomic mass is 16.5. The van der Waals surface area contributed by atoms with E-state index >= 15 is 0 Å². The largest absolute Gasteiger partial charge is 0.498 e. The summed E-state index contributed by atoms with van der Waals surface area (Å²) in [5.74, 6) is 1.02. The number of aliphatic hydroxyl groups is 1. The van der Waals surface area contributed by atoms with Crippen molar-refractivity contribution in [1.82, 2.24) is 0 Å². The number of hydrogen-bond acceptors (Lipinski definition) is 2. The minimum absolute atomic E-state index is 0.267. The smallest absolute Gasteiger partial charge is 0.0933 e. The molecule has 0 bridgehead atoms. The number of aliphatic hydroxyl groups excluding tert-OH is 1. The van der Waals surface area contributed by atoms with Gasteiger partial charge in [0.1, 0.15) is 0 Å². The maximum Gasteiger partial charge on any atom is 0.0933 e. The number of ether oxygens (including phenoxy) is 1. The summed E-state index contributed by atoms with van der Waals surface area (Å²) in [5.41, 5.74) is 0.478. The van der Waals surface area contributed by atoms with Crippen molar-refractivity contribution < 1.29 is 9.84 Å². The van der Waals surface area contributed by atoms with Crippen LogP contribution in [0.1, 0.15) is 52.4 Å². The van der Waals surface area contributed by atoms with Crippen LogP contribution < -0.4 is 0 Å². The van der Waals surface area contributed by atoms with Crippen molar-refractivity contribution >= 4 is 0 Å². The summed E-state index contributed by atoms with van der Waals surface area (Å²) in [6.07, 6.45) is 9.08. The van der Waals surface area contributed by atoms with Gasteiger partial charge in [-0.05, 0) is 45.1 Å². The second-order valence-electron chi connectivity index (χ2n) is 4.68.